The van der Waals surface area contributed by atoms with Gasteiger partial charge < -0.3 is 40.1 Å². The average molecular weight is 1330 g/mol. The number of hydrogen-bond acceptors (Lipinski definition) is 10. The molecule has 21 heteroatoms. The van der Waals surface area contributed by atoms with Crippen molar-refractivity contribution in [2.45, 2.75) is 58.0 Å². The maximum absolute atomic E-state index is 11.6. The normalized spacial score (nSPS) is 15.5. The van der Waals surface area contributed by atoms with E-state index in [4.69, 9.17) is 66.1 Å². The second-order valence-corrected chi connectivity index (χ2v) is 18.6. The van der Waals surface area contributed by atoms with Crippen LogP contribution in [0.5, 0.6) is 0 Å². The molecule has 0 saturated carbocycles. The molecule has 0 bridgehead atoms. The van der Waals surface area contributed by atoms with E-state index in [9.17, 15) is 19.2 Å². The highest BCUT2D eigenvalue weighted by Gasteiger charge is 2.26. The first-order valence-corrected chi connectivity index (χ1v) is 27.2. The number of hydrogen-bond donors (Lipinski definition) is 4. The molecule has 4 N–H and O–H groups in total. The van der Waals surface area contributed by atoms with Crippen molar-refractivity contribution in [3.05, 3.63) is 144 Å². The monoisotopic (exact) mass is 1330 g/mol. The van der Waals surface area contributed by atoms with Gasteiger partial charge in [0.2, 0.25) is 21.2 Å². The fourth-order valence-electron chi connectivity index (χ4n) is 5.53. The fraction of sp³-hybridized carbons (Fsp3) is 0.429. The molecule has 70 heavy (non-hydrogen) atoms. The third-order valence-electron chi connectivity index (χ3n) is 8.89. The number of amides is 2. The molecule has 0 aliphatic carbocycles. The van der Waals surface area contributed by atoms with Crippen LogP contribution in [0.25, 0.3) is 0 Å². The predicted molar refractivity (Wildman–Crippen MR) is 307 cm³/mol. The number of ether oxygens (including phenoxy) is 2. The van der Waals surface area contributed by atoms with Crippen LogP contribution < -0.4 is 10.6 Å². The summed E-state index contributed by atoms with van der Waals surface area (Å²) in [6.45, 7) is 5.34. The summed E-state index contributed by atoms with van der Waals surface area (Å²) in [5.74, 6) is 1.48. The van der Waals surface area contributed by atoms with Crippen LogP contribution in [0, 0.1) is 0 Å². The topological polar surface area (TPSA) is 158 Å². The van der Waals surface area contributed by atoms with Gasteiger partial charge in [0.1, 0.15) is 13.2 Å². The quantitative estimate of drug-likeness (QED) is 0.0559. The van der Waals surface area contributed by atoms with Gasteiger partial charge in [0.05, 0.1) is 46.8 Å². The molecule has 0 spiro atoms. The molecular weight excluding hydrogens is 1270 g/mol. The Morgan fingerprint density at radius 2 is 0.843 bits per heavy atom. The van der Waals surface area contributed by atoms with Crippen molar-refractivity contribution < 1.29 is 38.9 Å². The van der Waals surface area contributed by atoms with Crippen LogP contribution >= 0.6 is 124 Å². The largest absolute Gasteiger partial charge is 0.391 e. The molecule has 12 nitrogen and oxygen atoms in total. The lowest BCUT2D eigenvalue weighted by atomic mass is 10.2. The summed E-state index contributed by atoms with van der Waals surface area (Å²) in [7, 11) is 0. The SMILES string of the molecule is C.O=C(Br)CBr.O=C(Br)CBr.O=C1CO[C@@H](CCl)CN1Cc1ccccc1.O=C1CO[C@H](CCl)CN1Cc1ccccc1.O[C@@H](CCl)CNCc1ccccc1.O[C@H](CCl)CNCc1ccccc1.S. The van der Waals surface area contributed by atoms with E-state index in [1.54, 1.807) is 9.80 Å². The van der Waals surface area contributed by atoms with E-state index in [1.807, 2.05) is 121 Å². The van der Waals surface area contributed by atoms with E-state index in [0.717, 1.165) is 24.2 Å². The standard InChI is InChI=1S/2C12H14ClNO2.2C10H14ClNO.2C2H2Br2O.CH4.H2S/c2*13-6-11-8-14(12(15)9-16-11)7-10-4-2-1-3-5-10;2*11-6-10(13)8-12-7-9-4-2-1-3-5-9;2*3-1-2(4)5;;/h2*1-5,11H,6-9H2;2*1-5,10,12-13H,6-8H2;2*1H2;1H4;1H2/t2*11-;2*10-;;;;/m1010..../s1. The third-order valence-corrected chi connectivity index (χ3v) is 13.4. The zero-order valence-electron chi connectivity index (χ0n) is 37.9. The van der Waals surface area contributed by atoms with Gasteiger partial charge >= 0.3 is 0 Å². The summed E-state index contributed by atoms with van der Waals surface area (Å²) in [5, 5.41) is 25.3. The molecule has 6 rings (SSSR count). The number of rotatable bonds is 18. The molecule has 2 aliphatic rings. The number of alkyl halides is 6. The molecule has 392 valence electrons. The van der Waals surface area contributed by atoms with Gasteiger partial charge in [0.15, 0.2) is 0 Å². The molecule has 4 aromatic rings. The molecule has 0 unspecified atom stereocenters. The molecule has 2 saturated heterocycles. The van der Waals surface area contributed by atoms with Gasteiger partial charge in [-0.1, -0.05) is 161 Å². The van der Waals surface area contributed by atoms with Gasteiger partial charge in [-0.25, -0.2) is 0 Å². The van der Waals surface area contributed by atoms with Gasteiger partial charge in [0, 0.05) is 64.1 Å². The van der Waals surface area contributed by atoms with Crippen molar-refractivity contribution in [1.29, 1.82) is 0 Å². The molecule has 4 atom stereocenters. The lowest BCUT2D eigenvalue weighted by Crippen LogP contribution is -2.46. The Morgan fingerprint density at radius 3 is 1.09 bits per heavy atom. The number of nitrogens with one attached hydrogen (secondary N) is 2. The number of aliphatic hydroxyl groups excluding tert-OH is 2. The van der Waals surface area contributed by atoms with Crippen molar-refractivity contribution in [1.82, 2.24) is 20.4 Å². The molecule has 0 radical (unpaired) electrons. The minimum absolute atomic E-state index is 0. The molecule has 2 aliphatic heterocycles. The lowest BCUT2D eigenvalue weighted by molar-refractivity contribution is -0.148. The smallest absolute Gasteiger partial charge is 0.248 e. The highest BCUT2D eigenvalue weighted by atomic mass is 79.9. The highest BCUT2D eigenvalue weighted by molar-refractivity contribution is 9.20. The average Bonchev–Trinajstić information content (AvgIpc) is 3.37. The molecular formula is C49H66Br4Cl4N4O8S. The Balaban J connectivity index is 0. The summed E-state index contributed by atoms with van der Waals surface area (Å²) < 4.78 is 10.5. The van der Waals surface area contributed by atoms with E-state index in [2.05, 4.69) is 74.4 Å². The van der Waals surface area contributed by atoms with Crippen molar-refractivity contribution in [2.24, 2.45) is 0 Å². The van der Waals surface area contributed by atoms with E-state index in [1.165, 1.54) is 11.1 Å². The van der Waals surface area contributed by atoms with Crippen LogP contribution in [0.15, 0.2) is 121 Å². The lowest BCUT2D eigenvalue weighted by Gasteiger charge is -2.31. The predicted octanol–water partition coefficient (Wildman–Crippen LogP) is 9.41. The summed E-state index contributed by atoms with van der Waals surface area (Å²) >= 11 is 33.6. The van der Waals surface area contributed by atoms with Crippen LogP contribution in [0.4, 0.5) is 0 Å². The first kappa shape index (κ1) is 70.4. The van der Waals surface area contributed by atoms with Gasteiger partial charge in [-0.3, -0.25) is 19.2 Å². The summed E-state index contributed by atoms with van der Waals surface area (Å²) in [6.07, 6.45) is -0.984. The van der Waals surface area contributed by atoms with Crippen molar-refractivity contribution in [3.8, 4) is 0 Å². The number of aliphatic hydroxyl groups is 2. The third kappa shape index (κ3) is 36.3. The highest BCUT2D eigenvalue weighted by Crippen LogP contribution is 2.14. The van der Waals surface area contributed by atoms with Crippen LogP contribution in [0.1, 0.15) is 29.7 Å². The molecule has 2 amide bonds. The number of carbonyl (C=O) groups is 4. The van der Waals surface area contributed by atoms with Gasteiger partial charge in [0.25, 0.3) is 0 Å². The molecule has 0 aromatic heterocycles. The van der Waals surface area contributed by atoms with Crippen molar-refractivity contribution in [2.75, 3.05) is 73.6 Å². The zero-order chi connectivity index (χ0) is 50.4. The van der Waals surface area contributed by atoms with Crippen molar-refractivity contribution in [3.63, 3.8) is 0 Å². The van der Waals surface area contributed by atoms with E-state index in [0.29, 0.717) is 61.7 Å². The van der Waals surface area contributed by atoms with E-state index >= 15 is 0 Å². The van der Waals surface area contributed by atoms with Crippen LogP contribution in [-0.4, -0.2) is 139 Å². The Kier molecular flexibility index (Phi) is 46.2. The molecule has 4 aromatic carbocycles. The first-order chi connectivity index (χ1) is 32.8. The van der Waals surface area contributed by atoms with Gasteiger partial charge in [-0.15, -0.1) is 46.4 Å². The number of morpholine rings is 2. The zero-order valence-corrected chi connectivity index (χ0v) is 48.3. The fourth-order valence-corrected chi connectivity index (χ4v) is 6.12. The number of halogens is 8. The maximum atomic E-state index is 11.6. The summed E-state index contributed by atoms with van der Waals surface area (Å²) in [6, 6.07) is 40.0. The van der Waals surface area contributed by atoms with Gasteiger partial charge in [-0.05, 0) is 54.1 Å². The minimum Gasteiger partial charge on any atom is -0.391 e. The van der Waals surface area contributed by atoms with Gasteiger partial charge in [-0.2, -0.15) is 13.5 Å². The summed E-state index contributed by atoms with van der Waals surface area (Å²) in [4.78, 5) is 46.2. The summed E-state index contributed by atoms with van der Waals surface area (Å²) in [5.41, 5.74) is 4.69. The Bertz CT molecular complexity index is 1780. The Hall–Kier alpha value is -1.65. The van der Waals surface area contributed by atoms with E-state index < -0.39 is 12.2 Å². The molecule has 2 heterocycles. The first-order valence-electron chi connectivity index (χ1n) is 21.2. The maximum Gasteiger partial charge on any atom is 0.248 e. The number of benzene rings is 4. The van der Waals surface area contributed by atoms with Crippen LogP contribution in [-0.2, 0) is 54.8 Å². The second kappa shape index (κ2) is 45.9. The Labute approximate surface area is 475 Å². The van der Waals surface area contributed by atoms with Crippen molar-refractivity contribution >= 4 is 145 Å². The second-order valence-electron chi connectivity index (χ2n) is 14.5. The minimum atomic E-state index is -0.453. The number of carbonyl (C=O) groups excluding carboxylic acids is 4. The van der Waals surface area contributed by atoms with Crippen LogP contribution in [0.2, 0.25) is 0 Å². The molecule has 2 fully saturated rings. The van der Waals surface area contributed by atoms with Crippen LogP contribution in [0.3, 0.4) is 0 Å². The van der Waals surface area contributed by atoms with E-state index in [-0.39, 0.29) is 79.3 Å². The number of nitrogens with zero attached hydrogens (tertiary/aromatic N) is 2. The Morgan fingerprint density at radius 1 is 0.571 bits per heavy atom.